The molecule has 12 heavy (non-hydrogen) atoms. The van der Waals surface area contributed by atoms with Crippen LogP contribution < -0.4 is 0 Å². The van der Waals surface area contributed by atoms with Crippen LogP contribution in [-0.2, 0) is 4.79 Å². The molecular weight excluding hydrogens is 150 g/mol. The maximum absolute atomic E-state index is 11.3. The fraction of sp³-hybridized carbons (Fsp3) is 0.700. The number of hydrogen-bond acceptors (Lipinski definition) is 2. The number of allylic oxidation sites excluding steroid dienone is 1. The molecule has 0 saturated heterocycles. The van der Waals surface area contributed by atoms with Gasteiger partial charge in [-0.05, 0) is 39.6 Å². The van der Waals surface area contributed by atoms with Gasteiger partial charge in [0.15, 0.2) is 5.78 Å². The van der Waals surface area contributed by atoms with Crippen LogP contribution in [0.4, 0.5) is 0 Å². The molecule has 0 rings (SSSR count). The second kappa shape index (κ2) is 5.09. The van der Waals surface area contributed by atoms with E-state index in [1.807, 2.05) is 21.0 Å². The van der Waals surface area contributed by atoms with Crippen LogP contribution in [0, 0.1) is 5.92 Å². The van der Waals surface area contributed by atoms with Crippen LogP contribution in [0.2, 0.25) is 0 Å². The lowest BCUT2D eigenvalue weighted by molar-refractivity contribution is -0.118. The Morgan fingerprint density at radius 1 is 1.50 bits per heavy atom. The van der Waals surface area contributed by atoms with Crippen LogP contribution in [0.15, 0.2) is 12.2 Å². The number of Topliss-reactive ketones (excluding diaryl/α,β-unsaturated/α-hetero) is 1. The van der Waals surface area contributed by atoms with E-state index >= 15 is 0 Å². The third kappa shape index (κ3) is 4.29. The highest BCUT2D eigenvalue weighted by Crippen LogP contribution is 2.08. The highest BCUT2D eigenvalue weighted by atomic mass is 16.1. The van der Waals surface area contributed by atoms with E-state index in [0.717, 1.165) is 13.0 Å². The van der Waals surface area contributed by atoms with E-state index in [4.69, 9.17) is 0 Å². The Kier molecular flexibility index (Phi) is 4.83. The Morgan fingerprint density at radius 3 is 2.33 bits per heavy atom. The molecule has 1 unspecified atom stereocenters. The fourth-order valence-corrected chi connectivity index (χ4v) is 1.00. The van der Waals surface area contributed by atoms with Gasteiger partial charge in [0.25, 0.3) is 0 Å². The molecule has 0 amide bonds. The van der Waals surface area contributed by atoms with Gasteiger partial charge in [-0.25, -0.2) is 0 Å². The quantitative estimate of drug-likeness (QED) is 0.584. The van der Waals surface area contributed by atoms with E-state index in [1.165, 1.54) is 0 Å². The van der Waals surface area contributed by atoms with Gasteiger partial charge >= 0.3 is 0 Å². The van der Waals surface area contributed by atoms with Gasteiger partial charge in [-0.2, -0.15) is 0 Å². The standard InChI is InChI=1S/C10H19NO/c1-8(2)10(12)9(3)6-7-11(4)5/h9H,1,6-7H2,2-5H3. The first-order valence-corrected chi connectivity index (χ1v) is 4.29. The summed E-state index contributed by atoms with van der Waals surface area (Å²) in [6, 6.07) is 0. The monoisotopic (exact) mass is 169 g/mol. The molecule has 0 aromatic heterocycles. The van der Waals surface area contributed by atoms with Crippen molar-refractivity contribution in [2.75, 3.05) is 20.6 Å². The largest absolute Gasteiger partial charge is 0.309 e. The van der Waals surface area contributed by atoms with Crippen molar-refractivity contribution in [2.45, 2.75) is 20.3 Å². The molecule has 0 radical (unpaired) electrons. The van der Waals surface area contributed by atoms with Crippen LogP contribution in [0.25, 0.3) is 0 Å². The molecule has 0 aliphatic rings. The molecule has 0 aromatic rings. The molecular formula is C10H19NO. The second-order valence-corrected chi connectivity index (χ2v) is 3.64. The van der Waals surface area contributed by atoms with E-state index in [0.29, 0.717) is 5.57 Å². The van der Waals surface area contributed by atoms with Gasteiger partial charge < -0.3 is 4.90 Å². The maximum Gasteiger partial charge on any atom is 0.160 e. The van der Waals surface area contributed by atoms with E-state index in [9.17, 15) is 4.79 Å². The summed E-state index contributed by atoms with van der Waals surface area (Å²) in [4.78, 5) is 13.4. The predicted molar refractivity (Wildman–Crippen MR) is 52.2 cm³/mol. The molecule has 0 N–H and O–H groups in total. The third-order valence-electron chi connectivity index (χ3n) is 1.88. The number of hydrogen-bond donors (Lipinski definition) is 0. The van der Waals surface area contributed by atoms with Crippen molar-refractivity contribution in [1.82, 2.24) is 4.90 Å². The molecule has 0 aliphatic carbocycles. The van der Waals surface area contributed by atoms with Gasteiger partial charge in [-0.15, -0.1) is 0 Å². The van der Waals surface area contributed by atoms with Crippen LogP contribution in [0.1, 0.15) is 20.3 Å². The Bertz CT molecular complexity index is 173. The predicted octanol–water partition coefficient (Wildman–Crippen LogP) is 1.72. The molecule has 2 nitrogen and oxygen atoms in total. The smallest absolute Gasteiger partial charge is 0.160 e. The van der Waals surface area contributed by atoms with E-state index < -0.39 is 0 Å². The number of carbonyl (C=O) groups is 1. The SMILES string of the molecule is C=C(C)C(=O)C(C)CCN(C)C. The lowest BCUT2D eigenvalue weighted by Gasteiger charge is -2.13. The van der Waals surface area contributed by atoms with Crippen molar-refractivity contribution in [3.05, 3.63) is 12.2 Å². The van der Waals surface area contributed by atoms with Crippen molar-refractivity contribution in [1.29, 1.82) is 0 Å². The summed E-state index contributed by atoms with van der Waals surface area (Å²) in [5.41, 5.74) is 0.668. The third-order valence-corrected chi connectivity index (χ3v) is 1.88. The summed E-state index contributed by atoms with van der Waals surface area (Å²) in [5.74, 6) is 0.307. The molecule has 1 atom stereocenters. The number of ketones is 1. The van der Waals surface area contributed by atoms with Crippen molar-refractivity contribution in [3.63, 3.8) is 0 Å². The van der Waals surface area contributed by atoms with Crippen molar-refractivity contribution in [2.24, 2.45) is 5.92 Å². The van der Waals surface area contributed by atoms with Crippen LogP contribution in [0.5, 0.6) is 0 Å². The second-order valence-electron chi connectivity index (χ2n) is 3.64. The van der Waals surface area contributed by atoms with Gasteiger partial charge in [0, 0.05) is 5.92 Å². The first-order chi connectivity index (χ1) is 5.45. The van der Waals surface area contributed by atoms with Gasteiger partial charge in [0.1, 0.15) is 0 Å². The topological polar surface area (TPSA) is 20.3 Å². The molecule has 0 bridgehead atoms. The summed E-state index contributed by atoms with van der Waals surface area (Å²) in [6.45, 7) is 8.33. The van der Waals surface area contributed by atoms with Crippen molar-refractivity contribution < 1.29 is 4.79 Å². The number of nitrogens with zero attached hydrogens (tertiary/aromatic N) is 1. The highest BCUT2D eigenvalue weighted by Gasteiger charge is 2.12. The summed E-state index contributed by atoms with van der Waals surface area (Å²) >= 11 is 0. The first-order valence-electron chi connectivity index (χ1n) is 4.29. The average Bonchev–Trinajstić information content (AvgIpc) is 1.98. The van der Waals surface area contributed by atoms with Crippen molar-refractivity contribution >= 4 is 5.78 Å². The molecule has 0 fully saturated rings. The summed E-state index contributed by atoms with van der Waals surface area (Å²) < 4.78 is 0. The zero-order valence-electron chi connectivity index (χ0n) is 8.55. The molecule has 0 aliphatic heterocycles. The van der Waals surface area contributed by atoms with Gasteiger partial charge in [0.05, 0.1) is 0 Å². The first kappa shape index (κ1) is 11.4. The summed E-state index contributed by atoms with van der Waals surface area (Å²) in [6.07, 6.45) is 0.915. The van der Waals surface area contributed by atoms with Crippen LogP contribution >= 0.6 is 0 Å². The van der Waals surface area contributed by atoms with Gasteiger partial charge in [0.2, 0.25) is 0 Å². The van der Waals surface area contributed by atoms with Gasteiger partial charge in [-0.3, -0.25) is 4.79 Å². The molecule has 0 heterocycles. The Labute approximate surface area is 75.3 Å². The number of rotatable bonds is 5. The minimum absolute atomic E-state index is 0.116. The lowest BCUT2D eigenvalue weighted by atomic mass is 9.98. The highest BCUT2D eigenvalue weighted by molar-refractivity contribution is 5.95. The van der Waals surface area contributed by atoms with Crippen LogP contribution in [-0.4, -0.2) is 31.3 Å². The zero-order valence-corrected chi connectivity index (χ0v) is 8.55. The average molecular weight is 169 g/mol. The summed E-state index contributed by atoms with van der Waals surface area (Å²) in [5, 5.41) is 0. The Hall–Kier alpha value is -0.630. The molecule has 0 aromatic carbocycles. The zero-order chi connectivity index (χ0) is 9.72. The van der Waals surface area contributed by atoms with Crippen molar-refractivity contribution in [3.8, 4) is 0 Å². The van der Waals surface area contributed by atoms with E-state index in [2.05, 4.69) is 11.5 Å². The van der Waals surface area contributed by atoms with Gasteiger partial charge in [-0.1, -0.05) is 13.5 Å². The maximum atomic E-state index is 11.3. The molecule has 0 saturated carbocycles. The normalized spacial score (nSPS) is 13.1. The Morgan fingerprint density at radius 2 is 2.00 bits per heavy atom. The van der Waals surface area contributed by atoms with E-state index in [1.54, 1.807) is 6.92 Å². The van der Waals surface area contributed by atoms with E-state index in [-0.39, 0.29) is 11.7 Å². The Balaban J connectivity index is 3.80. The minimum atomic E-state index is 0.116. The summed E-state index contributed by atoms with van der Waals surface area (Å²) in [7, 11) is 4.02. The fourth-order valence-electron chi connectivity index (χ4n) is 1.00. The molecule has 2 heteroatoms. The lowest BCUT2D eigenvalue weighted by Crippen LogP contribution is -2.20. The van der Waals surface area contributed by atoms with Crippen LogP contribution in [0.3, 0.4) is 0 Å². The minimum Gasteiger partial charge on any atom is -0.309 e. The number of carbonyl (C=O) groups excluding carboxylic acids is 1. The molecule has 0 spiro atoms. The molecule has 70 valence electrons.